The molecule has 3 heteroatoms. The van der Waals surface area contributed by atoms with E-state index >= 15 is 0 Å². The molecule has 1 N–H and O–H groups in total. The van der Waals surface area contributed by atoms with E-state index in [0.717, 1.165) is 23.6 Å². The minimum atomic E-state index is 0.370. The summed E-state index contributed by atoms with van der Waals surface area (Å²) < 4.78 is 2.11. The van der Waals surface area contributed by atoms with Crippen LogP contribution >= 0.6 is 0 Å². The van der Waals surface area contributed by atoms with Crippen LogP contribution in [-0.4, -0.2) is 16.1 Å². The van der Waals surface area contributed by atoms with Gasteiger partial charge < -0.3 is 9.88 Å². The van der Waals surface area contributed by atoms with Crippen LogP contribution in [0.2, 0.25) is 0 Å². The van der Waals surface area contributed by atoms with Crippen molar-refractivity contribution in [2.45, 2.75) is 38.6 Å². The summed E-state index contributed by atoms with van der Waals surface area (Å²) in [6, 6.07) is 0.370. The molecule has 0 radical (unpaired) electrons. The van der Waals surface area contributed by atoms with Gasteiger partial charge in [-0.05, 0) is 56.9 Å². The van der Waals surface area contributed by atoms with E-state index in [9.17, 15) is 0 Å². The molecule has 1 aromatic rings. The standard InChI is InChI=1S/C14H23N3/c1-10(14-15-7-8-17(14)2)16-9-13(11-3-4-11)12-5-6-12/h7-8,10-13,16H,3-6,9H2,1-2H3. The molecular weight excluding hydrogens is 210 g/mol. The summed E-state index contributed by atoms with van der Waals surface area (Å²) in [5, 5.41) is 3.69. The fourth-order valence-corrected chi connectivity index (χ4v) is 2.97. The van der Waals surface area contributed by atoms with E-state index in [-0.39, 0.29) is 0 Å². The summed E-state index contributed by atoms with van der Waals surface area (Å²) in [6.07, 6.45) is 9.79. The number of nitrogens with one attached hydrogen (secondary N) is 1. The molecule has 1 unspecified atom stereocenters. The number of hydrogen-bond donors (Lipinski definition) is 1. The van der Waals surface area contributed by atoms with E-state index in [4.69, 9.17) is 0 Å². The first-order valence-corrected chi connectivity index (χ1v) is 6.96. The number of imidazole rings is 1. The van der Waals surface area contributed by atoms with Crippen LogP contribution in [0.4, 0.5) is 0 Å². The molecule has 0 amide bonds. The molecule has 0 bridgehead atoms. The van der Waals surface area contributed by atoms with E-state index in [1.54, 1.807) is 0 Å². The zero-order chi connectivity index (χ0) is 11.8. The predicted molar refractivity (Wildman–Crippen MR) is 68.6 cm³/mol. The highest BCUT2D eigenvalue weighted by Gasteiger charge is 2.41. The van der Waals surface area contributed by atoms with Crippen molar-refractivity contribution in [3.05, 3.63) is 18.2 Å². The molecule has 2 aliphatic rings. The summed E-state index contributed by atoms with van der Waals surface area (Å²) in [7, 11) is 2.07. The first kappa shape index (κ1) is 11.3. The quantitative estimate of drug-likeness (QED) is 0.818. The summed E-state index contributed by atoms with van der Waals surface area (Å²) in [5.41, 5.74) is 0. The lowest BCUT2D eigenvalue weighted by atomic mass is 9.97. The molecule has 2 saturated carbocycles. The molecule has 3 rings (SSSR count). The minimum absolute atomic E-state index is 0.370. The number of rotatable bonds is 6. The van der Waals surface area contributed by atoms with Crippen molar-refractivity contribution in [2.75, 3.05) is 6.54 Å². The highest BCUT2D eigenvalue weighted by atomic mass is 15.1. The van der Waals surface area contributed by atoms with Gasteiger partial charge in [-0.15, -0.1) is 0 Å². The lowest BCUT2D eigenvalue weighted by Crippen LogP contribution is -2.29. The predicted octanol–water partition coefficient (Wildman–Crippen LogP) is 2.51. The van der Waals surface area contributed by atoms with Gasteiger partial charge in [-0.3, -0.25) is 0 Å². The molecule has 0 saturated heterocycles. The molecule has 1 aromatic heterocycles. The van der Waals surface area contributed by atoms with Gasteiger partial charge in [0, 0.05) is 19.4 Å². The molecule has 3 nitrogen and oxygen atoms in total. The minimum Gasteiger partial charge on any atom is -0.337 e. The van der Waals surface area contributed by atoms with E-state index in [0.29, 0.717) is 6.04 Å². The number of aryl methyl sites for hydroxylation is 1. The molecular formula is C14H23N3. The Kier molecular flexibility index (Phi) is 2.95. The summed E-state index contributed by atoms with van der Waals surface area (Å²) in [4.78, 5) is 4.42. The Bertz CT molecular complexity index is 365. The van der Waals surface area contributed by atoms with Gasteiger partial charge in [0.05, 0.1) is 6.04 Å². The largest absolute Gasteiger partial charge is 0.337 e. The SMILES string of the molecule is CC(NCC(C1CC1)C1CC1)c1nccn1C. The Balaban J connectivity index is 1.54. The second kappa shape index (κ2) is 4.45. The average Bonchev–Trinajstić information content (AvgIpc) is 3.20. The van der Waals surface area contributed by atoms with E-state index < -0.39 is 0 Å². The number of nitrogens with zero attached hydrogens (tertiary/aromatic N) is 2. The zero-order valence-electron chi connectivity index (χ0n) is 10.9. The molecule has 2 aliphatic carbocycles. The maximum Gasteiger partial charge on any atom is 0.125 e. The van der Waals surface area contributed by atoms with Crippen LogP contribution in [0.1, 0.15) is 44.5 Å². The molecule has 0 spiro atoms. The highest BCUT2D eigenvalue weighted by Crippen LogP contribution is 2.48. The maximum absolute atomic E-state index is 4.42. The van der Waals surface area contributed by atoms with E-state index in [1.807, 2.05) is 12.4 Å². The van der Waals surface area contributed by atoms with Gasteiger partial charge in [0.1, 0.15) is 5.82 Å². The monoisotopic (exact) mass is 233 g/mol. The van der Waals surface area contributed by atoms with Crippen LogP contribution in [-0.2, 0) is 7.05 Å². The van der Waals surface area contributed by atoms with Gasteiger partial charge in [0.25, 0.3) is 0 Å². The van der Waals surface area contributed by atoms with Crippen LogP contribution in [0.25, 0.3) is 0 Å². The molecule has 1 heterocycles. The first-order valence-electron chi connectivity index (χ1n) is 6.96. The van der Waals surface area contributed by atoms with Gasteiger partial charge in [0.2, 0.25) is 0 Å². The summed E-state index contributed by atoms with van der Waals surface area (Å²) in [5.74, 6) is 4.15. The maximum atomic E-state index is 4.42. The zero-order valence-corrected chi connectivity index (χ0v) is 10.9. The number of aromatic nitrogens is 2. The highest BCUT2D eigenvalue weighted by molar-refractivity contribution is 4.98. The van der Waals surface area contributed by atoms with E-state index in [1.165, 1.54) is 32.2 Å². The number of hydrogen-bond acceptors (Lipinski definition) is 2. The van der Waals surface area contributed by atoms with Gasteiger partial charge in [0.15, 0.2) is 0 Å². The summed E-state index contributed by atoms with van der Waals surface area (Å²) >= 11 is 0. The van der Waals surface area contributed by atoms with Crippen molar-refractivity contribution in [2.24, 2.45) is 24.8 Å². The van der Waals surface area contributed by atoms with Crippen LogP contribution in [0.5, 0.6) is 0 Å². The van der Waals surface area contributed by atoms with Crippen LogP contribution in [0.3, 0.4) is 0 Å². The molecule has 17 heavy (non-hydrogen) atoms. The third-order valence-electron chi connectivity index (χ3n) is 4.36. The van der Waals surface area contributed by atoms with Gasteiger partial charge >= 0.3 is 0 Å². The Morgan fingerprint density at radius 1 is 1.35 bits per heavy atom. The van der Waals surface area contributed by atoms with Crippen molar-refractivity contribution in [1.82, 2.24) is 14.9 Å². The molecule has 94 valence electrons. The fourth-order valence-electron chi connectivity index (χ4n) is 2.97. The first-order chi connectivity index (χ1) is 8.25. The molecule has 0 aliphatic heterocycles. The lowest BCUT2D eigenvalue weighted by Gasteiger charge is -2.20. The lowest BCUT2D eigenvalue weighted by molar-refractivity contribution is 0.356. The normalized spacial score (nSPS) is 22.1. The Labute approximate surface area is 104 Å². The molecule has 2 fully saturated rings. The van der Waals surface area contributed by atoms with Crippen molar-refractivity contribution < 1.29 is 0 Å². The third kappa shape index (κ3) is 2.54. The van der Waals surface area contributed by atoms with Gasteiger partial charge in [-0.2, -0.15) is 0 Å². The van der Waals surface area contributed by atoms with Crippen LogP contribution in [0.15, 0.2) is 12.4 Å². The Hall–Kier alpha value is -0.830. The van der Waals surface area contributed by atoms with Crippen LogP contribution in [0, 0.1) is 17.8 Å². The topological polar surface area (TPSA) is 29.9 Å². The Morgan fingerprint density at radius 2 is 2.00 bits per heavy atom. The third-order valence-corrected chi connectivity index (χ3v) is 4.36. The average molecular weight is 233 g/mol. The van der Waals surface area contributed by atoms with Crippen molar-refractivity contribution in [1.29, 1.82) is 0 Å². The fraction of sp³-hybridized carbons (Fsp3) is 0.786. The second-order valence-electron chi connectivity index (χ2n) is 5.86. The smallest absolute Gasteiger partial charge is 0.125 e. The molecule has 1 atom stereocenters. The summed E-state index contributed by atoms with van der Waals surface area (Å²) in [6.45, 7) is 3.41. The van der Waals surface area contributed by atoms with Crippen molar-refractivity contribution in [3.8, 4) is 0 Å². The van der Waals surface area contributed by atoms with Crippen molar-refractivity contribution >= 4 is 0 Å². The molecule has 0 aromatic carbocycles. The van der Waals surface area contributed by atoms with Crippen molar-refractivity contribution in [3.63, 3.8) is 0 Å². The van der Waals surface area contributed by atoms with Gasteiger partial charge in [-0.25, -0.2) is 4.98 Å². The Morgan fingerprint density at radius 3 is 2.47 bits per heavy atom. The van der Waals surface area contributed by atoms with Gasteiger partial charge in [-0.1, -0.05) is 0 Å². The van der Waals surface area contributed by atoms with E-state index in [2.05, 4.69) is 28.8 Å². The van der Waals surface area contributed by atoms with Crippen LogP contribution < -0.4 is 5.32 Å². The second-order valence-corrected chi connectivity index (χ2v) is 5.86.